The highest BCUT2D eigenvalue weighted by molar-refractivity contribution is 5.85. The van der Waals surface area contributed by atoms with Crippen molar-refractivity contribution in [3.8, 4) is 0 Å². The molecule has 5 rings (SSSR count). The first-order chi connectivity index (χ1) is 13.6. The fourth-order valence-electron chi connectivity index (χ4n) is 5.24. The molecular formula is C21H26N4O3. The summed E-state index contributed by atoms with van der Waals surface area (Å²) in [5, 5.41) is 0. The highest BCUT2D eigenvalue weighted by atomic mass is 16.5. The molecule has 2 aromatic rings. The quantitative estimate of drug-likeness (QED) is 0.802. The Hall–Kier alpha value is -2.41. The molecule has 3 aliphatic rings. The number of hydrogen-bond donors (Lipinski definition) is 0. The molecule has 2 saturated heterocycles. The van der Waals surface area contributed by atoms with Crippen LogP contribution < -0.4 is 0 Å². The van der Waals surface area contributed by atoms with E-state index < -0.39 is 0 Å². The molecule has 7 nitrogen and oxygen atoms in total. The molecule has 2 bridgehead atoms. The van der Waals surface area contributed by atoms with Crippen molar-refractivity contribution in [1.82, 2.24) is 19.2 Å². The lowest BCUT2D eigenvalue weighted by molar-refractivity contribution is -0.141. The number of pyridine rings is 1. The van der Waals surface area contributed by atoms with Crippen LogP contribution in [0.3, 0.4) is 0 Å². The second-order valence-electron chi connectivity index (χ2n) is 8.23. The molecule has 0 unspecified atom stereocenters. The van der Waals surface area contributed by atoms with Gasteiger partial charge in [0.15, 0.2) is 0 Å². The molecule has 0 aromatic carbocycles. The van der Waals surface area contributed by atoms with Gasteiger partial charge in [0.1, 0.15) is 5.65 Å². The van der Waals surface area contributed by atoms with Crippen molar-refractivity contribution in [2.24, 2.45) is 11.8 Å². The summed E-state index contributed by atoms with van der Waals surface area (Å²) in [6.07, 6.45) is 6.06. The van der Waals surface area contributed by atoms with Gasteiger partial charge in [-0.05, 0) is 37.3 Å². The van der Waals surface area contributed by atoms with Crippen molar-refractivity contribution < 1.29 is 14.3 Å². The zero-order valence-electron chi connectivity index (χ0n) is 16.2. The van der Waals surface area contributed by atoms with Crippen molar-refractivity contribution >= 4 is 17.5 Å². The van der Waals surface area contributed by atoms with Crippen LogP contribution in [0.4, 0.5) is 0 Å². The van der Waals surface area contributed by atoms with Crippen LogP contribution in [0.15, 0.2) is 24.5 Å². The van der Waals surface area contributed by atoms with Crippen molar-refractivity contribution in [1.29, 1.82) is 0 Å². The molecule has 4 heterocycles. The van der Waals surface area contributed by atoms with E-state index in [1.807, 2.05) is 39.5 Å². The maximum atomic E-state index is 13.1. The number of rotatable bonds is 3. The van der Waals surface area contributed by atoms with Crippen LogP contribution in [-0.2, 0) is 20.7 Å². The molecular weight excluding hydrogens is 356 g/mol. The molecule has 3 atom stereocenters. The number of hydrogen-bond acceptors (Lipinski definition) is 4. The number of aryl methyl sites for hydroxylation is 1. The summed E-state index contributed by atoms with van der Waals surface area (Å²) in [6, 6.07) is 4.05. The van der Waals surface area contributed by atoms with Gasteiger partial charge in [0.2, 0.25) is 11.8 Å². The van der Waals surface area contributed by atoms with E-state index in [4.69, 9.17) is 4.74 Å². The normalized spacial score (nSPS) is 27.0. The van der Waals surface area contributed by atoms with Crippen molar-refractivity contribution in [2.45, 2.75) is 32.2 Å². The molecule has 0 N–H and O–H groups in total. The molecule has 0 radical (unpaired) electrons. The topological polar surface area (TPSA) is 67.2 Å². The number of morpholine rings is 1. The fraction of sp³-hybridized carbons (Fsp3) is 0.571. The SMILES string of the molecule is Cc1cccn2c(CC(=O)N3C[C@@H]4CC[C@H]3[C@@H]4C(=O)N3CCOCC3)cnc12. The lowest BCUT2D eigenvalue weighted by atomic mass is 9.96. The Bertz CT molecular complexity index is 918. The minimum atomic E-state index is -0.0357. The van der Waals surface area contributed by atoms with Gasteiger partial charge in [-0.25, -0.2) is 4.98 Å². The van der Waals surface area contributed by atoms with Crippen LogP contribution in [-0.4, -0.2) is 69.9 Å². The number of amides is 2. The first-order valence-corrected chi connectivity index (χ1v) is 10.2. The molecule has 1 aliphatic carbocycles. The van der Waals surface area contributed by atoms with E-state index in [1.165, 1.54) is 0 Å². The van der Waals surface area contributed by atoms with Crippen LogP contribution in [0.1, 0.15) is 24.1 Å². The van der Waals surface area contributed by atoms with Crippen molar-refractivity contribution in [3.05, 3.63) is 35.8 Å². The molecule has 2 aromatic heterocycles. The summed E-state index contributed by atoms with van der Waals surface area (Å²) in [5.74, 6) is 0.590. The number of carbonyl (C=O) groups excluding carboxylic acids is 2. The maximum absolute atomic E-state index is 13.1. The van der Waals surface area contributed by atoms with Crippen LogP contribution in [0, 0.1) is 18.8 Å². The van der Waals surface area contributed by atoms with Gasteiger partial charge < -0.3 is 18.9 Å². The zero-order valence-corrected chi connectivity index (χ0v) is 16.2. The Balaban J connectivity index is 1.32. The minimum absolute atomic E-state index is 0.0357. The molecule has 0 spiro atoms. The number of ether oxygens (including phenoxy) is 1. The van der Waals surface area contributed by atoms with E-state index in [-0.39, 0.29) is 23.8 Å². The lowest BCUT2D eigenvalue weighted by Crippen LogP contribution is -2.47. The Morgan fingerprint density at radius 3 is 2.89 bits per heavy atom. The predicted molar refractivity (Wildman–Crippen MR) is 103 cm³/mol. The average molecular weight is 382 g/mol. The number of likely N-dealkylation sites (tertiary alicyclic amines) is 1. The summed E-state index contributed by atoms with van der Waals surface area (Å²) in [7, 11) is 0. The highest BCUT2D eigenvalue weighted by Crippen LogP contribution is 2.44. The summed E-state index contributed by atoms with van der Waals surface area (Å²) >= 11 is 0. The molecule has 28 heavy (non-hydrogen) atoms. The number of imidazole rings is 1. The third-order valence-corrected chi connectivity index (χ3v) is 6.66. The van der Waals surface area contributed by atoms with Crippen molar-refractivity contribution in [3.63, 3.8) is 0 Å². The number of fused-ring (bicyclic) bond motifs is 3. The molecule has 2 amide bonds. The number of piperidine rings is 1. The first-order valence-electron chi connectivity index (χ1n) is 10.2. The fourth-order valence-corrected chi connectivity index (χ4v) is 5.24. The summed E-state index contributed by atoms with van der Waals surface area (Å²) in [5.41, 5.74) is 2.90. The Labute approximate surface area is 164 Å². The molecule has 7 heteroatoms. The maximum Gasteiger partial charge on any atom is 0.228 e. The predicted octanol–water partition coefficient (Wildman–Crippen LogP) is 1.28. The van der Waals surface area contributed by atoms with E-state index in [0.717, 1.165) is 29.7 Å². The van der Waals surface area contributed by atoms with E-state index in [0.29, 0.717) is 45.2 Å². The second kappa shape index (κ2) is 6.88. The van der Waals surface area contributed by atoms with Gasteiger partial charge in [-0.1, -0.05) is 6.07 Å². The summed E-state index contributed by atoms with van der Waals surface area (Å²) in [6.45, 7) is 5.30. The van der Waals surface area contributed by atoms with E-state index in [1.54, 1.807) is 6.20 Å². The largest absolute Gasteiger partial charge is 0.378 e. The van der Waals surface area contributed by atoms with Gasteiger partial charge in [-0.3, -0.25) is 9.59 Å². The van der Waals surface area contributed by atoms with Gasteiger partial charge in [0, 0.05) is 38.1 Å². The average Bonchev–Trinajstić information content (AvgIpc) is 3.42. The first kappa shape index (κ1) is 17.7. The van der Waals surface area contributed by atoms with Gasteiger partial charge in [0.05, 0.1) is 31.2 Å². The number of aromatic nitrogens is 2. The minimum Gasteiger partial charge on any atom is -0.378 e. The van der Waals surface area contributed by atoms with Crippen LogP contribution in [0.2, 0.25) is 0 Å². The van der Waals surface area contributed by atoms with E-state index in [9.17, 15) is 9.59 Å². The van der Waals surface area contributed by atoms with Gasteiger partial charge in [-0.2, -0.15) is 0 Å². The van der Waals surface area contributed by atoms with Crippen LogP contribution in [0.25, 0.3) is 5.65 Å². The molecule has 3 fully saturated rings. The van der Waals surface area contributed by atoms with Crippen LogP contribution >= 0.6 is 0 Å². The van der Waals surface area contributed by atoms with E-state index in [2.05, 4.69) is 4.98 Å². The van der Waals surface area contributed by atoms with Crippen molar-refractivity contribution in [2.75, 3.05) is 32.8 Å². The molecule has 2 aliphatic heterocycles. The monoisotopic (exact) mass is 382 g/mol. The molecule has 1 saturated carbocycles. The van der Waals surface area contributed by atoms with Gasteiger partial charge in [-0.15, -0.1) is 0 Å². The Morgan fingerprint density at radius 2 is 2.07 bits per heavy atom. The van der Waals surface area contributed by atoms with E-state index >= 15 is 0 Å². The Morgan fingerprint density at radius 1 is 1.25 bits per heavy atom. The smallest absolute Gasteiger partial charge is 0.228 e. The lowest BCUT2D eigenvalue weighted by Gasteiger charge is -2.31. The number of carbonyl (C=O) groups is 2. The third kappa shape index (κ3) is 2.80. The summed E-state index contributed by atoms with van der Waals surface area (Å²) < 4.78 is 7.37. The highest BCUT2D eigenvalue weighted by Gasteiger charge is 2.52. The number of nitrogens with zero attached hydrogens (tertiary/aromatic N) is 4. The van der Waals surface area contributed by atoms with Crippen LogP contribution in [0.5, 0.6) is 0 Å². The second-order valence-corrected chi connectivity index (χ2v) is 8.23. The van der Waals surface area contributed by atoms with Gasteiger partial charge >= 0.3 is 0 Å². The zero-order chi connectivity index (χ0) is 19.3. The molecule has 148 valence electrons. The standard InChI is InChI=1S/C21H26N4O3/c1-14-3-2-6-24-16(12-22-20(14)24)11-18(26)25-13-15-4-5-17(25)19(15)21(27)23-7-9-28-10-8-23/h2-3,6,12,15,17,19H,4-5,7-11,13H2,1H3/t15-,17-,19+/m0/s1. The Kier molecular flexibility index (Phi) is 4.34. The third-order valence-electron chi connectivity index (χ3n) is 6.66. The van der Waals surface area contributed by atoms with Gasteiger partial charge in [0.25, 0.3) is 0 Å². The summed E-state index contributed by atoms with van der Waals surface area (Å²) in [4.78, 5) is 34.6.